The molecule has 0 aromatic rings. The first-order chi connectivity index (χ1) is 9.04. The zero-order chi connectivity index (χ0) is 14.4. The van der Waals surface area contributed by atoms with Gasteiger partial charge in [0.15, 0.2) is 0 Å². The van der Waals surface area contributed by atoms with Gasteiger partial charge >= 0.3 is 0 Å². The lowest BCUT2D eigenvalue weighted by atomic mass is 9.69. The van der Waals surface area contributed by atoms with Crippen LogP contribution < -0.4 is 5.73 Å². The van der Waals surface area contributed by atoms with E-state index >= 15 is 0 Å². The van der Waals surface area contributed by atoms with E-state index in [1.54, 1.807) is 0 Å². The van der Waals surface area contributed by atoms with E-state index < -0.39 is 0 Å². The number of rotatable bonds is 8. The zero-order valence-electron chi connectivity index (χ0n) is 13.5. The van der Waals surface area contributed by atoms with Crippen molar-refractivity contribution in [2.45, 2.75) is 65.3 Å². The summed E-state index contributed by atoms with van der Waals surface area (Å²) in [5, 5.41) is 0. The average Bonchev–Trinajstić information content (AvgIpc) is 2.39. The Hall–Kier alpha value is 0.270. The molecule has 1 heterocycles. The van der Waals surface area contributed by atoms with Crippen LogP contribution in [0.25, 0.3) is 0 Å². The first-order valence-electron chi connectivity index (χ1n) is 8.07. The molecule has 1 aliphatic rings. The van der Waals surface area contributed by atoms with Crippen molar-refractivity contribution in [3.63, 3.8) is 0 Å². The second-order valence-electron chi connectivity index (χ2n) is 6.62. The van der Waals surface area contributed by atoms with E-state index in [1.165, 1.54) is 56.7 Å². The van der Waals surface area contributed by atoms with Crippen molar-refractivity contribution in [1.29, 1.82) is 0 Å². The molecule has 0 aromatic carbocycles. The van der Waals surface area contributed by atoms with E-state index in [1.807, 2.05) is 0 Å². The van der Waals surface area contributed by atoms with Gasteiger partial charge in [0, 0.05) is 17.8 Å². The highest BCUT2D eigenvalue weighted by Crippen LogP contribution is 2.45. The molecule has 1 aliphatic heterocycles. The van der Waals surface area contributed by atoms with Gasteiger partial charge in [-0.2, -0.15) is 11.8 Å². The molecule has 1 fully saturated rings. The van der Waals surface area contributed by atoms with Crippen LogP contribution in [0.15, 0.2) is 0 Å². The maximum absolute atomic E-state index is 6.30. The molecule has 0 spiro atoms. The van der Waals surface area contributed by atoms with E-state index in [0.717, 1.165) is 6.54 Å². The van der Waals surface area contributed by atoms with E-state index in [0.29, 0.717) is 5.41 Å². The molecule has 1 rings (SSSR count). The van der Waals surface area contributed by atoms with E-state index in [2.05, 4.69) is 44.4 Å². The zero-order valence-corrected chi connectivity index (χ0v) is 14.3. The number of hydrogen-bond donors (Lipinski definition) is 1. The number of thioether (sulfide) groups is 1. The highest BCUT2D eigenvalue weighted by Gasteiger charge is 2.49. The molecular formula is C16H34N2S. The lowest BCUT2D eigenvalue weighted by Gasteiger charge is -2.56. The summed E-state index contributed by atoms with van der Waals surface area (Å²) >= 11 is 2.10. The summed E-state index contributed by atoms with van der Waals surface area (Å²) in [7, 11) is 0. The number of unbranched alkanes of at least 4 members (excludes halogenated alkanes) is 2. The largest absolute Gasteiger partial charge is 0.329 e. The minimum absolute atomic E-state index is 0.209. The van der Waals surface area contributed by atoms with E-state index in [9.17, 15) is 0 Å². The van der Waals surface area contributed by atoms with Crippen molar-refractivity contribution in [2.75, 3.05) is 31.1 Å². The van der Waals surface area contributed by atoms with Crippen LogP contribution in [0.1, 0.15) is 59.8 Å². The van der Waals surface area contributed by atoms with Gasteiger partial charge in [0.25, 0.3) is 0 Å². The minimum Gasteiger partial charge on any atom is -0.329 e. The molecular weight excluding hydrogens is 252 g/mol. The van der Waals surface area contributed by atoms with Crippen LogP contribution in [0.4, 0.5) is 0 Å². The maximum atomic E-state index is 6.30. The van der Waals surface area contributed by atoms with Gasteiger partial charge in [0.2, 0.25) is 0 Å². The van der Waals surface area contributed by atoms with Crippen LogP contribution in [0.2, 0.25) is 0 Å². The molecule has 2 N–H and O–H groups in total. The predicted octanol–water partition coefficient (Wildman–Crippen LogP) is 3.75. The van der Waals surface area contributed by atoms with Crippen LogP contribution in [-0.2, 0) is 0 Å². The second kappa shape index (κ2) is 7.90. The van der Waals surface area contributed by atoms with Crippen molar-refractivity contribution >= 4 is 11.8 Å². The molecule has 114 valence electrons. The highest BCUT2D eigenvalue weighted by atomic mass is 32.2. The number of hydrogen-bond acceptors (Lipinski definition) is 3. The summed E-state index contributed by atoms with van der Waals surface area (Å²) in [6.07, 6.45) is 6.44. The summed E-state index contributed by atoms with van der Waals surface area (Å²) in [5.41, 5.74) is 6.85. The maximum Gasteiger partial charge on any atom is 0.0472 e. The van der Waals surface area contributed by atoms with Gasteiger partial charge in [-0.3, -0.25) is 4.90 Å². The Balaban J connectivity index is 2.90. The number of nitrogens with two attached hydrogens (primary N) is 1. The van der Waals surface area contributed by atoms with Crippen LogP contribution in [0.5, 0.6) is 0 Å². The molecule has 0 aliphatic carbocycles. The molecule has 0 amide bonds. The Labute approximate surface area is 124 Å². The van der Waals surface area contributed by atoms with Gasteiger partial charge in [0.05, 0.1) is 0 Å². The monoisotopic (exact) mass is 286 g/mol. The van der Waals surface area contributed by atoms with Gasteiger partial charge in [-0.05, 0) is 43.5 Å². The Bertz CT molecular complexity index is 247. The number of nitrogens with zero attached hydrogens (tertiary/aromatic N) is 1. The van der Waals surface area contributed by atoms with Crippen molar-refractivity contribution in [1.82, 2.24) is 4.90 Å². The molecule has 0 radical (unpaired) electrons. The average molecular weight is 287 g/mol. The van der Waals surface area contributed by atoms with Crippen molar-refractivity contribution in [3.05, 3.63) is 0 Å². The summed E-state index contributed by atoms with van der Waals surface area (Å²) in [4.78, 5) is 2.74. The molecule has 0 saturated carbocycles. The quantitative estimate of drug-likeness (QED) is 0.737. The molecule has 0 aromatic heterocycles. The summed E-state index contributed by atoms with van der Waals surface area (Å²) in [6.45, 7) is 12.7. The Morgan fingerprint density at radius 3 is 2.11 bits per heavy atom. The third-order valence-corrected chi connectivity index (χ3v) is 6.15. The third kappa shape index (κ3) is 3.89. The van der Waals surface area contributed by atoms with Crippen LogP contribution >= 0.6 is 11.8 Å². The smallest absolute Gasteiger partial charge is 0.0472 e. The SMILES string of the molecule is CCCCN(CCCC)C1(CN)CSCCC1(C)C. The first-order valence-corrected chi connectivity index (χ1v) is 9.22. The summed E-state index contributed by atoms with van der Waals surface area (Å²) in [5.74, 6) is 2.51. The molecule has 3 heteroatoms. The molecule has 0 bridgehead atoms. The van der Waals surface area contributed by atoms with Gasteiger partial charge in [-0.25, -0.2) is 0 Å². The van der Waals surface area contributed by atoms with E-state index in [4.69, 9.17) is 5.73 Å². The molecule has 1 saturated heterocycles. The Morgan fingerprint density at radius 2 is 1.68 bits per heavy atom. The fourth-order valence-electron chi connectivity index (χ4n) is 3.22. The van der Waals surface area contributed by atoms with Crippen molar-refractivity contribution < 1.29 is 0 Å². The molecule has 1 unspecified atom stereocenters. The minimum atomic E-state index is 0.209. The summed E-state index contributed by atoms with van der Waals surface area (Å²) < 4.78 is 0. The van der Waals surface area contributed by atoms with Crippen LogP contribution in [-0.4, -0.2) is 41.6 Å². The van der Waals surface area contributed by atoms with E-state index in [-0.39, 0.29) is 5.54 Å². The third-order valence-electron chi connectivity index (χ3n) is 4.98. The first kappa shape index (κ1) is 17.3. The van der Waals surface area contributed by atoms with Crippen LogP contribution in [0, 0.1) is 5.41 Å². The van der Waals surface area contributed by atoms with Crippen molar-refractivity contribution in [2.24, 2.45) is 11.1 Å². The van der Waals surface area contributed by atoms with Gasteiger partial charge in [-0.1, -0.05) is 40.5 Å². The lowest BCUT2D eigenvalue weighted by Crippen LogP contribution is -2.66. The molecule has 19 heavy (non-hydrogen) atoms. The van der Waals surface area contributed by atoms with Crippen LogP contribution in [0.3, 0.4) is 0 Å². The molecule has 2 nitrogen and oxygen atoms in total. The predicted molar refractivity (Wildman–Crippen MR) is 88.9 cm³/mol. The van der Waals surface area contributed by atoms with Crippen molar-refractivity contribution in [3.8, 4) is 0 Å². The van der Waals surface area contributed by atoms with Gasteiger partial charge in [0.1, 0.15) is 0 Å². The fourth-order valence-corrected chi connectivity index (χ4v) is 5.05. The standard InChI is InChI=1S/C16H34N2S/c1-5-7-10-18(11-8-6-2)16(13-17)14-19-12-9-15(16,3)4/h5-14,17H2,1-4H3. The Kier molecular flexibility index (Phi) is 7.20. The topological polar surface area (TPSA) is 29.3 Å². The van der Waals surface area contributed by atoms with Gasteiger partial charge < -0.3 is 5.73 Å². The Morgan fingerprint density at radius 1 is 1.11 bits per heavy atom. The summed E-state index contributed by atoms with van der Waals surface area (Å²) in [6, 6.07) is 0. The lowest BCUT2D eigenvalue weighted by molar-refractivity contribution is -0.000601. The fraction of sp³-hybridized carbons (Fsp3) is 1.00. The highest BCUT2D eigenvalue weighted by molar-refractivity contribution is 7.99. The molecule has 1 atom stereocenters. The second-order valence-corrected chi connectivity index (χ2v) is 7.72. The normalized spacial score (nSPS) is 26.8. The van der Waals surface area contributed by atoms with Gasteiger partial charge in [-0.15, -0.1) is 0 Å².